The average Bonchev–Trinajstić information content (AvgIpc) is 0.798. The second-order valence-corrected chi connectivity index (χ2v) is 32.4. The molecule has 6 heterocycles. The fourth-order valence-electron chi connectivity index (χ4n) is 11.5. The van der Waals surface area contributed by atoms with E-state index in [1.54, 1.807) is 38.1 Å². The lowest BCUT2D eigenvalue weighted by Gasteiger charge is -2.16. The second kappa shape index (κ2) is 38.5. The molecule has 12 aromatic rings. The molecule has 554 valence electrons. The first kappa shape index (κ1) is 81.7. The van der Waals surface area contributed by atoms with Crippen LogP contribution in [0, 0.1) is 0 Å². The van der Waals surface area contributed by atoms with Crippen molar-refractivity contribution in [2.24, 2.45) is 0 Å². The van der Waals surface area contributed by atoms with Gasteiger partial charge < -0.3 is 18.8 Å². The number of rotatable bonds is 24. The van der Waals surface area contributed by atoms with Crippen LogP contribution in [-0.2, 0) is 57.2 Å². The first-order chi connectivity index (χ1) is 51.4. The minimum absolute atomic E-state index is 0.229. The lowest BCUT2D eigenvalue weighted by Crippen LogP contribution is -2.40. The minimum atomic E-state index is -4.29. The molecule has 0 amide bonds. The zero-order chi connectivity index (χ0) is 76.7. The highest BCUT2D eigenvalue weighted by Crippen LogP contribution is 2.48. The number of benzene rings is 6. The van der Waals surface area contributed by atoms with E-state index in [-0.39, 0.29) is 26.9 Å². The van der Waals surface area contributed by atoms with Gasteiger partial charge in [0.25, 0.3) is 0 Å². The summed E-state index contributed by atoms with van der Waals surface area (Å²) in [5, 5.41) is 0. The summed E-state index contributed by atoms with van der Waals surface area (Å²) in [6, 6.07) is 66.2. The largest absolute Gasteiger partial charge is 0.448 e. The Hall–Kier alpha value is -9.34. The molecule has 12 rings (SSSR count). The van der Waals surface area contributed by atoms with Crippen molar-refractivity contribution in [3.63, 3.8) is 0 Å². The Labute approximate surface area is 631 Å². The highest BCUT2D eigenvalue weighted by molar-refractivity contribution is 9.23. The van der Waals surface area contributed by atoms with Crippen molar-refractivity contribution in [3.8, 4) is 112 Å². The van der Waals surface area contributed by atoms with Crippen LogP contribution in [0.4, 0.5) is 26.3 Å². The predicted octanol–water partition coefficient (Wildman–Crippen LogP) is 19.0. The topological polar surface area (TPSA) is 160 Å². The van der Waals surface area contributed by atoms with Crippen LogP contribution in [0.15, 0.2) is 256 Å². The van der Waals surface area contributed by atoms with E-state index in [0.717, 1.165) is 128 Å². The SMILES string of the molecule is CC.CCOP(=O)(CCc1ccc(-c2nc(-c3ccc(-c4cc[n+](CC)cc4)cc3)cc(-c3ccc(-c4cc[n+](CC(F)(F)F)cc4)cc3)n2)cc1)OCC.CC[n+]1ccc(-c2ccc(-c3cc(-c4ccc(-c5cc[n+](CC(F)(F)F)cc5)cc4)nc(-c4ccc(CCP(=O)(O)O)cc4)n3)cc2)cc1.C[SiH2]Br. The van der Waals surface area contributed by atoms with E-state index in [1.165, 1.54) is 24.8 Å². The fourth-order valence-corrected chi connectivity index (χ4v) is 13.7. The van der Waals surface area contributed by atoms with E-state index in [9.17, 15) is 45.3 Å². The summed E-state index contributed by atoms with van der Waals surface area (Å²) in [6.07, 6.45) is 6.22. The zero-order valence-corrected chi connectivity index (χ0v) is 65.5. The number of hydrogen-bond donors (Lipinski definition) is 2. The van der Waals surface area contributed by atoms with Crippen LogP contribution in [0.5, 0.6) is 0 Å². The van der Waals surface area contributed by atoms with Gasteiger partial charge in [-0.25, -0.2) is 29.1 Å². The van der Waals surface area contributed by atoms with Crippen molar-refractivity contribution < 1.29 is 72.6 Å². The second-order valence-electron chi connectivity index (χ2n) is 24.5. The molecular formula is C83H87BrF6N8O6P2Si+4. The first-order valence-corrected chi connectivity index (χ1v) is 44.2. The molecule has 0 fully saturated rings. The number of halogens is 7. The van der Waals surface area contributed by atoms with Crippen LogP contribution in [-0.4, -0.2) is 75.8 Å². The van der Waals surface area contributed by atoms with Crippen molar-refractivity contribution in [2.45, 2.75) is 99.5 Å². The van der Waals surface area contributed by atoms with E-state index in [4.69, 9.17) is 29.0 Å². The van der Waals surface area contributed by atoms with Gasteiger partial charge in [0, 0.05) is 81.9 Å². The van der Waals surface area contributed by atoms with Crippen molar-refractivity contribution in [1.82, 2.24) is 19.9 Å². The Balaban J connectivity index is 0.000000234. The Bertz CT molecular complexity index is 4890. The van der Waals surface area contributed by atoms with E-state index in [2.05, 4.69) is 130 Å². The van der Waals surface area contributed by atoms with Gasteiger partial charge in [0.05, 0.1) is 56.5 Å². The number of aryl methyl sites for hydroxylation is 4. The third kappa shape index (κ3) is 24.3. The van der Waals surface area contributed by atoms with Gasteiger partial charge in [-0.15, -0.1) is 15.3 Å². The summed E-state index contributed by atoms with van der Waals surface area (Å²) >= 11 is 3.28. The highest BCUT2D eigenvalue weighted by Gasteiger charge is 2.34. The predicted molar refractivity (Wildman–Crippen MR) is 417 cm³/mol. The molecule has 14 nitrogen and oxygen atoms in total. The van der Waals surface area contributed by atoms with E-state index in [0.29, 0.717) is 37.0 Å². The van der Waals surface area contributed by atoms with Crippen molar-refractivity contribution >= 4 is 38.6 Å². The van der Waals surface area contributed by atoms with Crippen LogP contribution in [0.1, 0.15) is 52.7 Å². The van der Waals surface area contributed by atoms with Crippen LogP contribution >= 0.6 is 30.5 Å². The Morgan fingerprint density at radius 2 is 0.598 bits per heavy atom. The van der Waals surface area contributed by atoms with Crippen LogP contribution in [0.2, 0.25) is 6.55 Å². The molecule has 2 N–H and O–H groups in total. The molecule has 6 aromatic carbocycles. The van der Waals surface area contributed by atoms with Crippen LogP contribution in [0.3, 0.4) is 0 Å². The third-order valence-corrected chi connectivity index (χ3v) is 19.8. The molecule has 0 atom stereocenters. The van der Waals surface area contributed by atoms with Gasteiger partial charge in [-0.1, -0.05) is 166 Å². The number of nitrogens with zero attached hydrogens (tertiary/aromatic N) is 8. The number of aromatic nitrogens is 8. The van der Waals surface area contributed by atoms with Gasteiger partial charge in [-0.2, -0.15) is 35.5 Å². The van der Waals surface area contributed by atoms with Crippen molar-refractivity contribution in [2.75, 3.05) is 25.5 Å². The number of alkyl halides is 6. The maximum Gasteiger partial charge on any atom is 0.448 e. The molecular weight excluding hydrogens is 1490 g/mol. The van der Waals surface area contributed by atoms with E-state index >= 15 is 0 Å². The zero-order valence-electron chi connectivity index (χ0n) is 60.7. The summed E-state index contributed by atoms with van der Waals surface area (Å²) < 4.78 is 119. The molecule has 0 aliphatic rings. The Morgan fingerprint density at radius 1 is 0.374 bits per heavy atom. The van der Waals surface area contributed by atoms with Crippen LogP contribution in [0.25, 0.3) is 112 Å². The molecule has 0 saturated carbocycles. The number of hydrogen-bond acceptors (Lipinski definition) is 8. The molecule has 0 spiro atoms. The summed E-state index contributed by atoms with van der Waals surface area (Å²) in [7, 11) is -7.05. The average molecular weight is 1580 g/mol. The summed E-state index contributed by atoms with van der Waals surface area (Å²) in [6.45, 7) is 14.3. The highest BCUT2D eigenvalue weighted by atomic mass is 79.9. The van der Waals surface area contributed by atoms with Gasteiger partial charge >= 0.3 is 27.5 Å². The lowest BCUT2D eigenvalue weighted by molar-refractivity contribution is -0.719. The summed E-state index contributed by atoms with van der Waals surface area (Å²) in [5.74, 6) is 1.04. The van der Waals surface area contributed by atoms with Gasteiger partial charge in [-0.3, -0.25) is 9.13 Å². The van der Waals surface area contributed by atoms with Crippen LogP contribution < -0.4 is 18.3 Å². The normalized spacial score (nSPS) is 11.7. The standard InChI is InChI=1S/C42H42F3N4O3P.C38H32F3N4O3P.C2H6.CH5BrSi/c1-4-48-24-19-34(20-25-48)32-11-15-36(16-12-32)39-29-40(37-17-13-33(14-18-37)35-21-26-49(27-22-35)30-42(43,44)45)47-41(46-39)38-9-7-31(8-10-38)23-28-53(50,51-5-2)52-6-3;1-2-44-20-15-30(16-21-44)28-7-11-32(12-8-28)35-25-36(43-37(42-35)34-5-3-27(4-6-34)19-24-49(46,47)48)33-13-9-29(10-14-33)31-17-22-45(23-18-31)26-38(39,40)41;1-2;1-3-2/h7-22,24-27,29H,4-6,23,28,30H2,1-3H3;3-18,20-23,25H,2,19,24,26H2,1H3;1-2H3;3H2,1H3/q+2;;;/p+2. The molecule has 0 unspecified atom stereocenters. The van der Waals surface area contributed by atoms with Gasteiger partial charge in [0.2, 0.25) is 13.1 Å². The lowest BCUT2D eigenvalue weighted by atomic mass is 10.0. The quantitative estimate of drug-likeness (QED) is 0.0196. The first-order valence-electron chi connectivity index (χ1n) is 35.4. The van der Waals surface area contributed by atoms with Crippen molar-refractivity contribution in [1.29, 1.82) is 0 Å². The molecule has 107 heavy (non-hydrogen) atoms. The van der Waals surface area contributed by atoms with E-state index < -0.39 is 40.6 Å². The maximum absolute atomic E-state index is 13.0. The third-order valence-electron chi connectivity index (χ3n) is 17.0. The van der Waals surface area contributed by atoms with Gasteiger partial charge in [-0.05, 0) is 108 Å². The van der Waals surface area contributed by atoms with E-state index in [1.807, 2.05) is 135 Å². The fraction of sp³-hybridized carbons (Fsp3) is 0.229. The molecule has 0 radical (unpaired) electrons. The molecule has 0 aliphatic heterocycles. The van der Waals surface area contributed by atoms with Gasteiger partial charge in [0.15, 0.2) is 61.2 Å². The molecule has 0 saturated heterocycles. The number of pyridine rings is 4. The Morgan fingerprint density at radius 3 is 0.832 bits per heavy atom. The maximum atomic E-state index is 13.0. The minimum Gasteiger partial charge on any atom is -0.324 e. The molecule has 24 heteroatoms. The molecule has 0 bridgehead atoms. The summed E-state index contributed by atoms with van der Waals surface area (Å²) in [5.41, 5.74) is 17.5. The monoisotopic (exact) mass is 1570 g/mol. The Kier molecular flexibility index (Phi) is 29.4. The molecule has 0 aliphatic carbocycles. The van der Waals surface area contributed by atoms with Crippen molar-refractivity contribution in [3.05, 3.63) is 267 Å². The smallest absolute Gasteiger partial charge is 0.324 e. The summed E-state index contributed by atoms with van der Waals surface area (Å²) in [4.78, 5) is 38.4. The van der Waals surface area contributed by atoms with Gasteiger partial charge in [0.1, 0.15) is 13.1 Å². The molecule has 6 aromatic heterocycles.